The lowest BCUT2D eigenvalue weighted by molar-refractivity contribution is -0.137. The predicted molar refractivity (Wildman–Crippen MR) is 167 cm³/mol. The predicted octanol–water partition coefficient (Wildman–Crippen LogP) is 5.85. The van der Waals surface area contributed by atoms with Gasteiger partial charge in [-0.2, -0.15) is 13.2 Å². The Morgan fingerprint density at radius 2 is 1.64 bits per heavy atom. The van der Waals surface area contributed by atoms with Gasteiger partial charge in [0.25, 0.3) is 11.8 Å². The number of nitrogens with zero attached hydrogens (tertiary/aromatic N) is 2. The molecule has 0 radical (unpaired) electrons. The van der Waals surface area contributed by atoms with Crippen LogP contribution >= 0.6 is 12.4 Å². The van der Waals surface area contributed by atoms with Crippen LogP contribution in [0.5, 0.6) is 0 Å². The van der Waals surface area contributed by atoms with Crippen molar-refractivity contribution < 1.29 is 27.9 Å². The lowest BCUT2D eigenvalue weighted by Gasteiger charge is -2.36. The summed E-state index contributed by atoms with van der Waals surface area (Å²) in [6, 6.07) is 17.3. The molecule has 0 unspecified atom stereocenters. The molecule has 2 atom stereocenters. The number of hydrogen-bond donors (Lipinski definition) is 3. The minimum Gasteiger partial charge on any atom is -0.390 e. The molecule has 3 N–H and O–H groups in total. The molecule has 0 aliphatic carbocycles. The van der Waals surface area contributed by atoms with Crippen molar-refractivity contribution in [1.29, 1.82) is 0 Å². The third-order valence-corrected chi connectivity index (χ3v) is 7.96. The number of rotatable bonds is 14. The second-order valence-electron chi connectivity index (χ2n) is 11.2. The van der Waals surface area contributed by atoms with Crippen LogP contribution in [0.1, 0.15) is 77.2 Å². The van der Waals surface area contributed by atoms with E-state index in [4.69, 9.17) is 0 Å². The zero-order valence-corrected chi connectivity index (χ0v) is 26.0. The number of aliphatic hydroxyl groups excluding tert-OH is 1. The molecule has 0 fully saturated rings. The third kappa shape index (κ3) is 8.86. The van der Waals surface area contributed by atoms with Crippen LogP contribution in [-0.2, 0) is 25.7 Å². The summed E-state index contributed by atoms with van der Waals surface area (Å²) < 4.78 is 41.0. The molecule has 11 heteroatoms. The fourth-order valence-electron chi connectivity index (χ4n) is 5.78. The Hall–Kier alpha value is -3.34. The van der Waals surface area contributed by atoms with Crippen molar-refractivity contribution in [1.82, 2.24) is 20.1 Å². The molecule has 0 saturated heterocycles. The quantitative estimate of drug-likeness (QED) is 0.208. The Labute approximate surface area is 263 Å². The summed E-state index contributed by atoms with van der Waals surface area (Å²) in [7, 11) is 0. The number of fused-ring (bicyclic) bond motifs is 1. The largest absolute Gasteiger partial charge is 0.416 e. The second kappa shape index (κ2) is 16.1. The summed E-state index contributed by atoms with van der Waals surface area (Å²) in [5.41, 5.74) is 1.45. The smallest absolute Gasteiger partial charge is 0.390 e. The highest BCUT2D eigenvalue weighted by Crippen LogP contribution is 2.29. The number of carbonyl (C=O) groups is 2. The molecule has 0 bridgehead atoms. The fourth-order valence-corrected chi connectivity index (χ4v) is 5.78. The van der Waals surface area contributed by atoms with Crippen LogP contribution in [-0.4, -0.2) is 57.7 Å². The van der Waals surface area contributed by atoms with E-state index >= 15 is 0 Å². The third-order valence-electron chi connectivity index (χ3n) is 7.96. The molecule has 3 aromatic rings. The zero-order valence-electron chi connectivity index (χ0n) is 25.1. The van der Waals surface area contributed by atoms with Gasteiger partial charge in [0.15, 0.2) is 0 Å². The monoisotopic (exact) mass is 634 g/mol. The first-order chi connectivity index (χ1) is 20.6. The maximum absolute atomic E-state index is 13.5. The van der Waals surface area contributed by atoms with Gasteiger partial charge in [-0.25, -0.2) is 0 Å². The summed E-state index contributed by atoms with van der Waals surface area (Å²) >= 11 is 0. The minimum atomic E-state index is -4.44. The maximum Gasteiger partial charge on any atom is 0.416 e. The molecule has 240 valence electrons. The van der Waals surface area contributed by atoms with Gasteiger partial charge >= 0.3 is 6.18 Å². The number of aromatic nitrogens is 1. The summed E-state index contributed by atoms with van der Waals surface area (Å²) in [4.78, 5) is 28.9. The van der Waals surface area contributed by atoms with Crippen molar-refractivity contribution in [2.45, 2.75) is 83.4 Å². The normalized spacial score (nSPS) is 14.6. The lowest BCUT2D eigenvalue weighted by atomic mass is 10.0. The van der Waals surface area contributed by atoms with E-state index in [0.717, 1.165) is 43.4 Å². The lowest BCUT2D eigenvalue weighted by Crippen LogP contribution is -2.50. The van der Waals surface area contributed by atoms with E-state index in [-0.39, 0.29) is 37.4 Å². The van der Waals surface area contributed by atoms with Gasteiger partial charge in [-0.15, -0.1) is 12.4 Å². The molecule has 1 aliphatic heterocycles. The second-order valence-corrected chi connectivity index (χ2v) is 11.2. The average Bonchev–Trinajstić information content (AvgIpc) is 3.42. The number of amides is 2. The molecule has 0 spiro atoms. The van der Waals surface area contributed by atoms with Gasteiger partial charge in [0.2, 0.25) is 0 Å². The van der Waals surface area contributed by atoms with Gasteiger partial charge in [0.05, 0.1) is 17.7 Å². The van der Waals surface area contributed by atoms with Crippen LogP contribution in [0.2, 0.25) is 0 Å². The highest BCUT2D eigenvalue weighted by atomic mass is 35.5. The highest BCUT2D eigenvalue weighted by molar-refractivity contribution is 5.99. The molecule has 1 aliphatic rings. The molecule has 2 heterocycles. The first-order valence-corrected chi connectivity index (χ1v) is 15.0. The number of benzene rings is 2. The van der Waals surface area contributed by atoms with Crippen molar-refractivity contribution in [2.75, 3.05) is 13.1 Å². The minimum absolute atomic E-state index is 0. The van der Waals surface area contributed by atoms with Crippen LogP contribution in [0.15, 0.2) is 66.7 Å². The standard InChI is InChI=1S/C33H41F3N4O3.ClH/c1-3-9-26(10-4-2)39-17-18-40-28(15-16-29(40)32(39)43)31(42)38-27(20-23-11-6-5-7-12-23)30(41)22-37-21-24-13-8-14-25(19-24)33(34,35)36;/h5-8,11-16,19,26-27,30,37,41H,3-4,9-10,17-18,20-22H2,1-2H3,(H,38,42);1H/t27-,30-;/m0./s1. The summed E-state index contributed by atoms with van der Waals surface area (Å²) in [6.07, 6.45) is -1.27. The number of alkyl halides is 3. The van der Waals surface area contributed by atoms with Gasteiger partial charge in [-0.05, 0) is 48.6 Å². The first-order valence-electron chi connectivity index (χ1n) is 15.0. The summed E-state index contributed by atoms with van der Waals surface area (Å²) in [5.74, 6) is -0.471. The summed E-state index contributed by atoms with van der Waals surface area (Å²) in [5, 5.41) is 17.1. The Kier molecular flexibility index (Phi) is 12.9. The number of hydrogen-bond acceptors (Lipinski definition) is 4. The molecule has 0 saturated carbocycles. The van der Waals surface area contributed by atoms with E-state index < -0.39 is 29.8 Å². The van der Waals surface area contributed by atoms with Gasteiger partial charge in [-0.1, -0.05) is 75.2 Å². The Morgan fingerprint density at radius 1 is 0.955 bits per heavy atom. The van der Waals surface area contributed by atoms with E-state index in [1.165, 1.54) is 6.07 Å². The van der Waals surface area contributed by atoms with E-state index in [9.17, 15) is 27.9 Å². The molecule has 7 nitrogen and oxygen atoms in total. The highest BCUT2D eigenvalue weighted by Gasteiger charge is 2.33. The van der Waals surface area contributed by atoms with E-state index in [2.05, 4.69) is 24.5 Å². The first kappa shape index (κ1) is 35.1. The fraction of sp³-hybridized carbons (Fsp3) is 0.455. The van der Waals surface area contributed by atoms with Gasteiger partial charge in [-0.3, -0.25) is 9.59 Å². The van der Waals surface area contributed by atoms with E-state index in [1.54, 1.807) is 22.8 Å². The van der Waals surface area contributed by atoms with E-state index in [1.807, 2.05) is 35.2 Å². The summed E-state index contributed by atoms with van der Waals surface area (Å²) in [6.45, 7) is 5.43. The van der Waals surface area contributed by atoms with Crippen molar-refractivity contribution in [3.8, 4) is 0 Å². The number of carbonyl (C=O) groups excluding carboxylic acids is 2. The van der Waals surface area contributed by atoms with E-state index in [0.29, 0.717) is 36.5 Å². The molecule has 2 aromatic carbocycles. The SMILES string of the molecule is CCCC(CCC)N1CCn2c(C(=O)N[C@@H](Cc3ccccc3)[C@@H](O)CNCc3cccc(C(F)(F)F)c3)ccc2C1=O.Cl. The van der Waals surface area contributed by atoms with Crippen LogP contribution in [0, 0.1) is 0 Å². The van der Waals surface area contributed by atoms with Crippen LogP contribution < -0.4 is 10.6 Å². The number of nitrogens with one attached hydrogen (secondary N) is 2. The van der Waals surface area contributed by atoms with Crippen molar-refractivity contribution in [2.24, 2.45) is 0 Å². The molecule has 4 rings (SSSR count). The van der Waals surface area contributed by atoms with Gasteiger partial charge < -0.3 is 25.2 Å². The Morgan fingerprint density at radius 3 is 2.30 bits per heavy atom. The van der Waals surface area contributed by atoms with Crippen molar-refractivity contribution in [3.63, 3.8) is 0 Å². The number of aliphatic hydroxyl groups is 1. The Balaban J connectivity index is 0.00000529. The number of halogens is 4. The average molecular weight is 635 g/mol. The van der Waals surface area contributed by atoms with Crippen LogP contribution in [0.25, 0.3) is 0 Å². The van der Waals surface area contributed by atoms with Crippen LogP contribution in [0.3, 0.4) is 0 Å². The molecule has 44 heavy (non-hydrogen) atoms. The molecule has 2 amide bonds. The van der Waals surface area contributed by atoms with Gasteiger partial charge in [0, 0.05) is 32.2 Å². The topological polar surface area (TPSA) is 86.6 Å². The molecule has 1 aromatic heterocycles. The van der Waals surface area contributed by atoms with Crippen LogP contribution in [0.4, 0.5) is 13.2 Å². The zero-order chi connectivity index (χ0) is 31.0. The van der Waals surface area contributed by atoms with Gasteiger partial charge in [0.1, 0.15) is 11.4 Å². The van der Waals surface area contributed by atoms with Crippen molar-refractivity contribution >= 4 is 24.2 Å². The molecular formula is C33H42ClF3N4O3. The van der Waals surface area contributed by atoms with Crippen molar-refractivity contribution in [3.05, 3.63) is 94.8 Å². The molecular weight excluding hydrogens is 593 g/mol. The Bertz CT molecular complexity index is 1360. The maximum atomic E-state index is 13.5.